The molecule has 0 saturated carbocycles. The van der Waals surface area contributed by atoms with Crippen LogP contribution >= 0.6 is 0 Å². The number of carbonyl (C=O) groups is 5. The molecule has 0 aliphatic carbocycles. The normalized spacial score (nSPS) is 13.9. The molecule has 0 aliphatic heterocycles. The van der Waals surface area contributed by atoms with E-state index in [2.05, 4.69) is 10.6 Å². The van der Waals surface area contributed by atoms with Crippen molar-refractivity contribution >= 4 is 29.5 Å². The van der Waals surface area contributed by atoms with Crippen LogP contribution in [0.5, 0.6) is 0 Å². The molecule has 41 heavy (non-hydrogen) atoms. The zero-order chi connectivity index (χ0) is 30.4. The summed E-state index contributed by atoms with van der Waals surface area (Å²) in [5, 5.41) is 5.39. The standard InChI is InChI=1S/C32H43N3O6/c1-5-22(4)29(30(38)32(40)34-26(19-27(33)36)17-23-12-8-6-9-13-23)35-31(39)25(16-21(2)3)18-28(37)41-20-24-14-10-7-11-15-24/h6-15,21-22,25-26,29H,5,16-20H2,1-4H3,(H2,33,36)(H,34,40)(H,35,39)/t22-,25+,26?,29?/m0/s1. The number of Topliss-reactive ketones (excluding diaryl/α,β-unsaturated/α-hetero) is 1. The average Bonchev–Trinajstić information content (AvgIpc) is 2.94. The van der Waals surface area contributed by atoms with Gasteiger partial charge in [-0.25, -0.2) is 0 Å². The molecule has 3 amide bonds. The van der Waals surface area contributed by atoms with E-state index >= 15 is 0 Å². The van der Waals surface area contributed by atoms with Gasteiger partial charge in [0, 0.05) is 18.4 Å². The van der Waals surface area contributed by atoms with E-state index in [1.807, 2.05) is 81.4 Å². The smallest absolute Gasteiger partial charge is 0.306 e. The number of nitrogens with one attached hydrogen (secondary N) is 2. The molecule has 9 nitrogen and oxygen atoms in total. The van der Waals surface area contributed by atoms with E-state index in [1.165, 1.54) is 0 Å². The number of rotatable bonds is 17. The van der Waals surface area contributed by atoms with Gasteiger partial charge < -0.3 is 21.1 Å². The summed E-state index contributed by atoms with van der Waals surface area (Å²) in [7, 11) is 0. The van der Waals surface area contributed by atoms with Gasteiger partial charge in [-0.05, 0) is 35.8 Å². The lowest BCUT2D eigenvalue weighted by Crippen LogP contribution is -2.54. The molecular formula is C32H43N3O6. The first-order valence-corrected chi connectivity index (χ1v) is 14.2. The van der Waals surface area contributed by atoms with Crippen molar-refractivity contribution in [2.45, 2.75) is 78.5 Å². The van der Waals surface area contributed by atoms with Crippen molar-refractivity contribution in [2.24, 2.45) is 23.5 Å². The summed E-state index contributed by atoms with van der Waals surface area (Å²) in [5.41, 5.74) is 7.10. The molecule has 0 radical (unpaired) electrons. The third-order valence-corrected chi connectivity index (χ3v) is 6.91. The summed E-state index contributed by atoms with van der Waals surface area (Å²) >= 11 is 0. The van der Waals surface area contributed by atoms with Gasteiger partial charge in [-0.1, -0.05) is 94.8 Å². The van der Waals surface area contributed by atoms with Crippen molar-refractivity contribution in [1.29, 1.82) is 0 Å². The predicted octanol–water partition coefficient (Wildman–Crippen LogP) is 3.49. The maximum absolute atomic E-state index is 13.4. The Morgan fingerprint density at radius 3 is 1.95 bits per heavy atom. The summed E-state index contributed by atoms with van der Waals surface area (Å²) in [6.45, 7) is 7.59. The molecule has 2 aromatic carbocycles. The van der Waals surface area contributed by atoms with E-state index < -0.39 is 47.5 Å². The Labute approximate surface area is 242 Å². The monoisotopic (exact) mass is 565 g/mol. The molecular weight excluding hydrogens is 522 g/mol. The second-order valence-electron chi connectivity index (χ2n) is 10.9. The average molecular weight is 566 g/mol. The van der Waals surface area contributed by atoms with Gasteiger partial charge in [0.1, 0.15) is 6.61 Å². The second kappa shape index (κ2) is 16.9. The van der Waals surface area contributed by atoms with Crippen molar-refractivity contribution in [3.63, 3.8) is 0 Å². The van der Waals surface area contributed by atoms with E-state index in [-0.39, 0.29) is 31.3 Å². The highest BCUT2D eigenvalue weighted by Gasteiger charge is 2.34. The summed E-state index contributed by atoms with van der Waals surface area (Å²) in [4.78, 5) is 64.1. The van der Waals surface area contributed by atoms with Crippen molar-refractivity contribution in [1.82, 2.24) is 10.6 Å². The van der Waals surface area contributed by atoms with Crippen LogP contribution in [0.3, 0.4) is 0 Å². The number of hydrogen-bond donors (Lipinski definition) is 3. The van der Waals surface area contributed by atoms with Gasteiger partial charge in [0.2, 0.25) is 17.6 Å². The molecule has 0 spiro atoms. The predicted molar refractivity (Wildman–Crippen MR) is 156 cm³/mol. The summed E-state index contributed by atoms with van der Waals surface area (Å²) < 4.78 is 5.39. The molecule has 4 N–H and O–H groups in total. The Bertz CT molecular complexity index is 1150. The first-order chi connectivity index (χ1) is 19.5. The van der Waals surface area contributed by atoms with Crippen LogP contribution < -0.4 is 16.4 Å². The fourth-order valence-corrected chi connectivity index (χ4v) is 4.54. The number of esters is 1. The molecule has 2 rings (SSSR count). The third kappa shape index (κ3) is 11.9. The van der Waals surface area contributed by atoms with Crippen molar-refractivity contribution < 1.29 is 28.7 Å². The van der Waals surface area contributed by atoms with Crippen LogP contribution in [0.25, 0.3) is 0 Å². The largest absolute Gasteiger partial charge is 0.461 e. The Hall–Kier alpha value is -4.01. The SMILES string of the molecule is CC[C@H](C)C(NC(=O)[C@@H](CC(=O)OCc1ccccc1)CC(C)C)C(=O)C(=O)NC(CC(N)=O)Cc1ccccc1. The van der Waals surface area contributed by atoms with Gasteiger partial charge in [0.25, 0.3) is 5.91 Å². The summed E-state index contributed by atoms with van der Waals surface area (Å²) in [5.74, 6) is -4.33. The van der Waals surface area contributed by atoms with Crippen LogP contribution in [0, 0.1) is 17.8 Å². The highest BCUT2D eigenvalue weighted by atomic mass is 16.5. The Balaban J connectivity index is 2.11. The number of hydrogen-bond acceptors (Lipinski definition) is 6. The third-order valence-electron chi connectivity index (χ3n) is 6.91. The molecule has 0 saturated heterocycles. The molecule has 0 heterocycles. The highest BCUT2D eigenvalue weighted by Crippen LogP contribution is 2.19. The molecule has 9 heteroatoms. The Morgan fingerprint density at radius 1 is 0.829 bits per heavy atom. The van der Waals surface area contributed by atoms with Crippen LogP contribution in [-0.2, 0) is 41.7 Å². The van der Waals surface area contributed by atoms with Gasteiger partial charge in [0.15, 0.2) is 0 Å². The van der Waals surface area contributed by atoms with Gasteiger partial charge in [0.05, 0.1) is 12.5 Å². The molecule has 2 aromatic rings. The van der Waals surface area contributed by atoms with Crippen molar-refractivity contribution in [3.05, 3.63) is 71.8 Å². The Morgan fingerprint density at radius 2 is 1.41 bits per heavy atom. The molecule has 0 aromatic heterocycles. The first kappa shape index (κ1) is 33.2. The molecule has 4 atom stereocenters. The molecule has 0 bridgehead atoms. The van der Waals surface area contributed by atoms with E-state index in [4.69, 9.17) is 10.5 Å². The second-order valence-corrected chi connectivity index (χ2v) is 10.9. The molecule has 0 aliphatic rings. The number of ketones is 1. The van der Waals surface area contributed by atoms with Gasteiger partial charge in [-0.2, -0.15) is 0 Å². The van der Waals surface area contributed by atoms with Crippen molar-refractivity contribution in [3.8, 4) is 0 Å². The minimum atomic E-state index is -1.10. The molecule has 2 unspecified atom stereocenters. The van der Waals surface area contributed by atoms with Gasteiger partial charge in [-0.15, -0.1) is 0 Å². The summed E-state index contributed by atoms with van der Waals surface area (Å²) in [6, 6.07) is 16.7. The van der Waals surface area contributed by atoms with Crippen LogP contribution in [-0.4, -0.2) is 41.6 Å². The maximum atomic E-state index is 13.4. The number of carbonyl (C=O) groups excluding carboxylic acids is 5. The number of nitrogens with two attached hydrogens (primary N) is 1. The quantitative estimate of drug-likeness (QED) is 0.198. The number of ether oxygens (including phenoxy) is 1. The number of benzene rings is 2. The Kier molecular flexibility index (Phi) is 13.7. The van der Waals surface area contributed by atoms with Crippen LogP contribution in [0.2, 0.25) is 0 Å². The van der Waals surface area contributed by atoms with E-state index in [0.29, 0.717) is 19.3 Å². The minimum Gasteiger partial charge on any atom is -0.461 e. The van der Waals surface area contributed by atoms with Gasteiger partial charge in [-0.3, -0.25) is 24.0 Å². The van der Waals surface area contributed by atoms with Crippen LogP contribution in [0.15, 0.2) is 60.7 Å². The highest BCUT2D eigenvalue weighted by molar-refractivity contribution is 6.38. The summed E-state index contributed by atoms with van der Waals surface area (Å²) in [6.07, 6.45) is 0.938. The van der Waals surface area contributed by atoms with Gasteiger partial charge >= 0.3 is 5.97 Å². The van der Waals surface area contributed by atoms with E-state index in [9.17, 15) is 24.0 Å². The zero-order valence-electron chi connectivity index (χ0n) is 24.4. The fraction of sp³-hybridized carbons (Fsp3) is 0.469. The fourth-order valence-electron chi connectivity index (χ4n) is 4.54. The lowest BCUT2D eigenvalue weighted by Gasteiger charge is -2.26. The number of amides is 3. The molecule has 0 fully saturated rings. The minimum absolute atomic E-state index is 0.0965. The van der Waals surface area contributed by atoms with Crippen LogP contribution in [0.1, 0.15) is 64.5 Å². The van der Waals surface area contributed by atoms with E-state index in [0.717, 1.165) is 11.1 Å². The van der Waals surface area contributed by atoms with E-state index in [1.54, 1.807) is 6.92 Å². The number of primary amides is 1. The molecule has 222 valence electrons. The maximum Gasteiger partial charge on any atom is 0.306 e. The van der Waals surface area contributed by atoms with Crippen LogP contribution in [0.4, 0.5) is 0 Å². The van der Waals surface area contributed by atoms with Crippen molar-refractivity contribution in [2.75, 3.05) is 0 Å². The first-order valence-electron chi connectivity index (χ1n) is 14.2. The lowest BCUT2D eigenvalue weighted by molar-refractivity contribution is -0.149. The lowest BCUT2D eigenvalue weighted by atomic mass is 9.90. The topological polar surface area (TPSA) is 145 Å². The zero-order valence-corrected chi connectivity index (χ0v) is 24.4.